The minimum Gasteiger partial charge on any atom is -0.481 e. The maximum absolute atomic E-state index is 10.6. The van der Waals surface area contributed by atoms with Gasteiger partial charge in [0.15, 0.2) is 0 Å². The van der Waals surface area contributed by atoms with Crippen molar-refractivity contribution in [2.45, 2.75) is 12.5 Å². The van der Waals surface area contributed by atoms with Gasteiger partial charge in [0.05, 0.1) is 12.5 Å². The normalized spacial score (nSPS) is 26.6. The van der Waals surface area contributed by atoms with Crippen molar-refractivity contribution in [3.05, 3.63) is 24.0 Å². The first kappa shape index (κ1) is 9.23. The molecule has 0 spiro atoms. The lowest BCUT2D eigenvalue weighted by atomic mass is 9.94. The van der Waals surface area contributed by atoms with Crippen LogP contribution in [0.2, 0.25) is 0 Å². The zero-order valence-corrected chi connectivity index (χ0v) is 7.66. The quantitative estimate of drug-likeness (QED) is 0.557. The maximum atomic E-state index is 10.6. The Labute approximate surface area is 81.5 Å². The van der Waals surface area contributed by atoms with Gasteiger partial charge in [0.2, 0.25) is 0 Å². The first-order chi connectivity index (χ1) is 6.77. The molecular weight excluding hydrogens is 182 g/mol. The van der Waals surface area contributed by atoms with Crippen molar-refractivity contribution < 1.29 is 9.90 Å². The van der Waals surface area contributed by atoms with Crippen LogP contribution in [-0.2, 0) is 4.79 Å². The topological polar surface area (TPSA) is 77.2 Å². The summed E-state index contributed by atoms with van der Waals surface area (Å²) < 4.78 is 0. The number of carbonyl (C=O) groups is 1. The molecule has 2 heterocycles. The number of hydrazine groups is 1. The van der Waals surface area contributed by atoms with Crippen molar-refractivity contribution in [2.75, 3.05) is 6.54 Å². The Morgan fingerprint density at radius 3 is 3.14 bits per heavy atom. The van der Waals surface area contributed by atoms with Gasteiger partial charge in [-0.3, -0.25) is 10.2 Å². The third kappa shape index (κ3) is 1.78. The Hall–Kier alpha value is -1.33. The molecule has 0 radical (unpaired) electrons. The molecule has 1 aliphatic rings. The SMILES string of the molecule is O=C(O)CC1CNNC1c1cc[nH]c1. The first-order valence-corrected chi connectivity index (χ1v) is 4.60. The number of H-pyrrole nitrogens is 1. The average molecular weight is 195 g/mol. The highest BCUT2D eigenvalue weighted by molar-refractivity contribution is 5.67. The van der Waals surface area contributed by atoms with E-state index in [9.17, 15) is 4.79 Å². The molecular formula is C9H13N3O2. The minimum absolute atomic E-state index is 0.0948. The predicted octanol–water partition coefficient (Wildman–Crippen LogP) is 0.254. The summed E-state index contributed by atoms with van der Waals surface area (Å²) in [6.45, 7) is 0.697. The number of carboxylic acid groups (broad SMARTS) is 1. The molecule has 1 aromatic rings. The summed E-state index contributed by atoms with van der Waals surface area (Å²) in [6, 6.07) is 2.05. The number of carboxylic acids is 1. The van der Waals surface area contributed by atoms with E-state index in [0.717, 1.165) is 5.56 Å². The van der Waals surface area contributed by atoms with Gasteiger partial charge in [-0.1, -0.05) is 0 Å². The molecule has 5 nitrogen and oxygen atoms in total. The molecule has 2 unspecified atom stereocenters. The van der Waals surface area contributed by atoms with E-state index in [-0.39, 0.29) is 18.4 Å². The lowest BCUT2D eigenvalue weighted by molar-refractivity contribution is -0.138. The number of aromatic amines is 1. The van der Waals surface area contributed by atoms with Crippen molar-refractivity contribution in [3.63, 3.8) is 0 Å². The van der Waals surface area contributed by atoms with E-state index < -0.39 is 5.97 Å². The number of nitrogens with one attached hydrogen (secondary N) is 3. The van der Waals surface area contributed by atoms with Gasteiger partial charge in [0.1, 0.15) is 0 Å². The Balaban J connectivity index is 2.07. The summed E-state index contributed by atoms with van der Waals surface area (Å²) in [5, 5.41) is 8.73. The van der Waals surface area contributed by atoms with Crippen LogP contribution >= 0.6 is 0 Å². The molecule has 5 heteroatoms. The molecule has 0 saturated carbocycles. The van der Waals surface area contributed by atoms with Crippen LogP contribution < -0.4 is 10.9 Å². The summed E-state index contributed by atoms with van der Waals surface area (Å²) >= 11 is 0. The van der Waals surface area contributed by atoms with Crippen molar-refractivity contribution in [1.82, 2.24) is 15.8 Å². The van der Waals surface area contributed by atoms with Crippen LogP contribution in [0, 0.1) is 5.92 Å². The minimum atomic E-state index is -0.749. The van der Waals surface area contributed by atoms with Crippen molar-refractivity contribution >= 4 is 5.97 Å². The molecule has 1 fully saturated rings. The number of hydrogen-bond donors (Lipinski definition) is 4. The Morgan fingerprint density at radius 2 is 2.50 bits per heavy atom. The smallest absolute Gasteiger partial charge is 0.303 e. The van der Waals surface area contributed by atoms with E-state index >= 15 is 0 Å². The van der Waals surface area contributed by atoms with Crippen molar-refractivity contribution in [1.29, 1.82) is 0 Å². The van der Waals surface area contributed by atoms with E-state index in [4.69, 9.17) is 5.11 Å². The number of hydrogen-bond acceptors (Lipinski definition) is 3. The van der Waals surface area contributed by atoms with E-state index in [1.807, 2.05) is 18.5 Å². The highest BCUT2D eigenvalue weighted by Gasteiger charge is 2.29. The van der Waals surface area contributed by atoms with Gasteiger partial charge in [-0.15, -0.1) is 0 Å². The fourth-order valence-electron chi connectivity index (χ4n) is 1.84. The van der Waals surface area contributed by atoms with E-state index in [2.05, 4.69) is 15.8 Å². The Kier molecular flexibility index (Phi) is 2.51. The van der Waals surface area contributed by atoms with Gasteiger partial charge < -0.3 is 10.1 Å². The fourth-order valence-corrected chi connectivity index (χ4v) is 1.84. The summed E-state index contributed by atoms with van der Waals surface area (Å²) in [4.78, 5) is 13.6. The van der Waals surface area contributed by atoms with Gasteiger partial charge in [-0.2, -0.15) is 0 Å². The number of rotatable bonds is 3. The van der Waals surface area contributed by atoms with Crippen LogP contribution in [0.1, 0.15) is 18.0 Å². The molecule has 0 amide bonds. The fraction of sp³-hybridized carbons (Fsp3) is 0.444. The maximum Gasteiger partial charge on any atom is 0.303 e. The van der Waals surface area contributed by atoms with Gasteiger partial charge >= 0.3 is 5.97 Å². The van der Waals surface area contributed by atoms with E-state index in [1.54, 1.807) is 0 Å². The average Bonchev–Trinajstić information content (AvgIpc) is 2.70. The van der Waals surface area contributed by atoms with Crippen LogP contribution in [0.25, 0.3) is 0 Å². The molecule has 14 heavy (non-hydrogen) atoms. The van der Waals surface area contributed by atoms with Gasteiger partial charge in [-0.25, -0.2) is 5.43 Å². The van der Waals surface area contributed by atoms with E-state index in [0.29, 0.717) is 6.54 Å². The van der Waals surface area contributed by atoms with E-state index in [1.165, 1.54) is 0 Å². The summed E-state index contributed by atoms with van der Waals surface area (Å²) in [6.07, 6.45) is 3.92. The molecule has 0 bridgehead atoms. The molecule has 2 atom stereocenters. The number of aromatic nitrogens is 1. The van der Waals surface area contributed by atoms with Crippen LogP contribution in [0.4, 0.5) is 0 Å². The number of aliphatic carboxylic acids is 1. The lowest BCUT2D eigenvalue weighted by Crippen LogP contribution is -2.24. The Morgan fingerprint density at radius 1 is 1.64 bits per heavy atom. The van der Waals surface area contributed by atoms with Gasteiger partial charge in [0, 0.05) is 24.9 Å². The molecule has 0 aliphatic carbocycles. The second kappa shape index (κ2) is 3.81. The highest BCUT2D eigenvalue weighted by atomic mass is 16.4. The standard InChI is InChI=1S/C9H13N3O2/c13-8(14)3-7-5-11-12-9(7)6-1-2-10-4-6/h1-2,4,7,9-12H,3,5H2,(H,13,14). The molecule has 4 N–H and O–H groups in total. The van der Waals surface area contributed by atoms with Gasteiger partial charge in [0.25, 0.3) is 0 Å². The monoisotopic (exact) mass is 195 g/mol. The molecule has 76 valence electrons. The first-order valence-electron chi connectivity index (χ1n) is 4.60. The second-order valence-corrected chi connectivity index (χ2v) is 3.51. The van der Waals surface area contributed by atoms with Crippen LogP contribution in [-0.4, -0.2) is 22.6 Å². The molecule has 1 aliphatic heterocycles. The van der Waals surface area contributed by atoms with Crippen molar-refractivity contribution in [2.24, 2.45) is 5.92 Å². The van der Waals surface area contributed by atoms with Gasteiger partial charge in [-0.05, 0) is 11.6 Å². The highest BCUT2D eigenvalue weighted by Crippen LogP contribution is 2.26. The lowest BCUT2D eigenvalue weighted by Gasteiger charge is -2.14. The zero-order valence-electron chi connectivity index (χ0n) is 7.66. The largest absolute Gasteiger partial charge is 0.481 e. The third-order valence-corrected chi connectivity index (χ3v) is 2.51. The molecule has 0 aromatic carbocycles. The summed E-state index contributed by atoms with van der Waals surface area (Å²) in [7, 11) is 0. The third-order valence-electron chi connectivity index (χ3n) is 2.51. The van der Waals surface area contributed by atoms with Crippen molar-refractivity contribution in [3.8, 4) is 0 Å². The van der Waals surface area contributed by atoms with Crippen LogP contribution in [0.3, 0.4) is 0 Å². The summed E-state index contributed by atoms with van der Waals surface area (Å²) in [5.74, 6) is -0.635. The summed E-state index contributed by atoms with van der Waals surface area (Å²) in [5.41, 5.74) is 7.17. The second-order valence-electron chi connectivity index (χ2n) is 3.51. The molecule has 2 rings (SSSR count). The van der Waals surface area contributed by atoms with Crippen LogP contribution in [0.15, 0.2) is 18.5 Å². The van der Waals surface area contributed by atoms with Crippen LogP contribution in [0.5, 0.6) is 0 Å². The molecule has 1 saturated heterocycles. The molecule has 1 aromatic heterocycles. The zero-order chi connectivity index (χ0) is 9.97. The Bertz CT molecular complexity index is 310. The predicted molar refractivity (Wildman–Crippen MR) is 50.4 cm³/mol.